The van der Waals surface area contributed by atoms with E-state index in [-0.39, 0.29) is 5.54 Å². The zero-order chi connectivity index (χ0) is 23.4. The molecule has 1 aromatic carbocycles. The average molecular weight is 463 g/mol. The lowest BCUT2D eigenvalue weighted by Crippen LogP contribution is -2.65. The van der Waals surface area contributed by atoms with Crippen molar-refractivity contribution in [1.82, 2.24) is 20.5 Å². The Morgan fingerprint density at radius 3 is 2.48 bits per heavy atom. The van der Waals surface area contributed by atoms with Crippen molar-refractivity contribution in [3.8, 4) is 11.1 Å². The smallest absolute Gasteiger partial charge is 0.315 e. The lowest BCUT2D eigenvalue weighted by molar-refractivity contribution is -0.133. The third kappa shape index (κ3) is 5.20. The largest absolute Gasteiger partial charge is 0.386 e. The molecule has 4 rings (SSSR count). The Morgan fingerprint density at radius 1 is 1.18 bits per heavy atom. The van der Waals surface area contributed by atoms with E-state index in [2.05, 4.69) is 15.2 Å². The van der Waals surface area contributed by atoms with Crippen LogP contribution in [0, 0.1) is 0 Å². The van der Waals surface area contributed by atoms with Crippen LogP contribution in [0.25, 0.3) is 11.1 Å². The van der Waals surface area contributed by atoms with E-state index in [1.807, 2.05) is 17.4 Å². The van der Waals surface area contributed by atoms with Gasteiger partial charge in [-0.3, -0.25) is 14.7 Å². The number of rotatable bonds is 8. The van der Waals surface area contributed by atoms with Crippen LogP contribution in [-0.4, -0.2) is 65.2 Å². The number of carbonyl (C=O) groups is 1. The Hall–Kier alpha value is -2.49. The van der Waals surface area contributed by atoms with E-state index in [0.717, 1.165) is 43.0 Å². The zero-order valence-corrected chi connectivity index (χ0v) is 18.3. The van der Waals surface area contributed by atoms with Gasteiger partial charge in [0.05, 0.1) is 11.7 Å². The molecular formula is C24H29F3N4O2. The monoisotopic (exact) mass is 462 g/mol. The minimum absolute atomic E-state index is 0.279. The van der Waals surface area contributed by atoms with Gasteiger partial charge in [0.1, 0.15) is 12.8 Å². The molecule has 2 aliphatic rings. The van der Waals surface area contributed by atoms with Crippen LogP contribution < -0.4 is 10.6 Å². The highest BCUT2D eigenvalue weighted by molar-refractivity contribution is 5.79. The number of aliphatic hydroxyl groups excluding tert-OH is 1. The molecule has 2 saturated heterocycles. The molecule has 0 saturated carbocycles. The summed E-state index contributed by atoms with van der Waals surface area (Å²) >= 11 is 0. The number of benzene rings is 1. The number of halogens is 3. The molecule has 2 aliphatic heterocycles. The molecule has 33 heavy (non-hydrogen) atoms. The lowest BCUT2D eigenvalue weighted by Gasteiger charge is -2.55. The van der Waals surface area contributed by atoms with Crippen LogP contribution in [0.5, 0.6) is 0 Å². The molecule has 1 amide bonds. The quantitative estimate of drug-likeness (QED) is 0.563. The molecule has 1 aromatic heterocycles. The molecule has 178 valence electrons. The maximum absolute atomic E-state index is 13.2. The maximum atomic E-state index is 13.2. The normalized spacial score (nSPS) is 22.7. The van der Waals surface area contributed by atoms with Crippen LogP contribution in [0.2, 0.25) is 0 Å². The molecule has 3 heterocycles. The third-order valence-corrected chi connectivity index (χ3v) is 6.80. The molecular weight excluding hydrogens is 433 g/mol. The highest BCUT2D eigenvalue weighted by Crippen LogP contribution is 2.37. The summed E-state index contributed by atoms with van der Waals surface area (Å²) in [4.78, 5) is 18.3. The summed E-state index contributed by atoms with van der Waals surface area (Å²) in [6, 6.07) is 9.24. The number of hydrogen-bond donors (Lipinski definition) is 3. The molecule has 3 atom stereocenters. The summed E-state index contributed by atoms with van der Waals surface area (Å²) in [7, 11) is 0. The van der Waals surface area contributed by atoms with E-state index in [9.17, 15) is 23.1 Å². The summed E-state index contributed by atoms with van der Waals surface area (Å²) in [6.07, 6.45) is 0.759. The topological polar surface area (TPSA) is 77.5 Å². The Labute approximate surface area is 191 Å². The number of likely N-dealkylation sites (tertiary alicyclic amines) is 1. The summed E-state index contributed by atoms with van der Waals surface area (Å²) in [5, 5.41) is 15.6. The van der Waals surface area contributed by atoms with Crippen molar-refractivity contribution in [2.75, 3.05) is 26.3 Å². The van der Waals surface area contributed by atoms with Gasteiger partial charge in [-0.25, -0.2) is 4.39 Å². The number of aromatic nitrogens is 1. The number of amides is 1. The van der Waals surface area contributed by atoms with Gasteiger partial charge < -0.3 is 15.7 Å². The van der Waals surface area contributed by atoms with Crippen LogP contribution in [0.3, 0.4) is 0 Å². The number of nitrogens with zero attached hydrogens (tertiary/aromatic N) is 2. The van der Waals surface area contributed by atoms with Gasteiger partial charge in [0.15, 0.2) is 0 Å². The van der Waals surface area contributed by atoms with E-state index < -0.39 is 31.2 Å². The molecule has 9 heteroatoms. The fourth-order valence-corrected chi connectivity index (χ4v) is 4.71. The van der Waals surface area contributed by atoms with Crippen LogP contribution in [0.1, 0.15) is 36.6 Å². The minimum atomic E-state index is -3.27. The van der Waals surface area contributed by atoms with Crippen molar-refractivity contribution >= 4 is 5.91 Å². The number of piperidine rings is 1. The standard InChI is InChI=1S/C24H29F3N4O2/c25-12-20(30-23(33)22(26)27)21(32)17-4-2-16(3-5-17)18-6-7-19(29-13-18)14-31-11-9-24(31)8-1-10-28-15-24/h2-7,13,20-22,28,32H,1,8-12,14-15H2,(H,30,33). The Kier molecular flexibility index (Phi) is 7.31. The van der Waals surface area contributed by atoms with Gasteiger partial charge >= 0.3 is 6.43 Å². The SMILES string of the molecule is O=C(NC(CF)C(O)c1ccc(-c2ccc(CN3CCC34CCCNC4)nc2)cc1)C(F)F. The van der Waals surface area contributed by atoms with E-state index in [1.54, 1.807) is 30.5 Å². The number of nitrogens with one attached hydrogen (secondary N) is 2. The highest BCUT2D eigenvalue weighted by Gasteiger charge is 2.44. The minimum Gasteiger partial charge on any atom is -0.386 e. The number of carbonyl (C=O) groups excluding carboxylic acids is 1. The molecule has 0 aliphatic carbocycles. The molecule has 2 aromatic rings. The Morgan fingerprint density at radius 2 is 1.94 bits per heavy atom. The summed E-state index contributed by atoms with van der Waals surface area (Å²) < 4.78 is 38.0. The first-order chi connectivity index (χ1) is 15.9. The Balaban J connectivity index is 1.38. The predicted molar refractivity (Wildman–Crippen MR) is 118 cm³/mol. The highest BCUT2D eigenvalue weighted by atomic mass is 19.3. The van der Waals surface area contributed by atoms with Crippen molar-refractivity contribution < 1.29 is 23.1 Å². The van der Waals surface area contributed by atoms with Crippen molar-refractivity contribution in [3.05, 3.63) is 53.9 Å². The summed E-state index contributed by atoms with van der Waals surface area (Å²) in [5.74, 6) is -1.61. The van der Waals surface area contributed by atoms with E-state index in [4.69, 9.17) is 0 Å². The number of hydrogen-bond acceptors (Lipinski definition) is 5. The molecule has 0 bridgehead atoms. The summed E-state index contributed by atoms with van der Waals surface area (Å²) in [6.45, 7) is 2.88. The molecule has 6 nitrogen and oxygen atoms in total. The van der Waals surface area contributed by atoms with Gasteiger partial charge in [-0.2, -0.15) is 8.78 Å². The fraction of sp³-hybridized carbons (Fsp3) is 0.500. The van der Waals surface area contributed by atoms with Crippen LogP contribution in [0.15, 0.2) is 42.6 Å². The van der Waals surface area contributed by atoms with Crippen molar-refractivity contribution in [2.45, 2.75) is 49.9 Å². The molecule has 2 fully saturated rings. The van der Waals surface area contributed by atoms with Crippen molar-refractivity contribution in [1.29, 1.82) is 0 Å². The molecule has 1 spiro atoms. The predicted octanol–water partition coefficient (Wildman–Crippen LogP) is 2.83. The second-order valence-electron chi connectivity index (χ2n) is 8.85. The molecule has 3 N–H and O–H groups in total. The molecule has 3 unspecified atom stereocenters. The van der Waals surface area contributed by atoms with Gasteiger partial charge in [-0.15, -0.1) is 0 Å². The fourth-order valence-electron chi connectivity index (χ4n) is 4.71. The third-order valence-electron chi connectivity index (χ3n) is 6.80. The van der Waals surface area contributed by atoms with E-state index >= 15 is 0 Å². The number of aliphatic hydroxyl groups is 1. The Bertz CT molecular complexity index is 934. The summed E-state index contributed by atoms with van der Waals surface area (Å²) in [5.41, 5.74) is 3.36. The maximum Gasteiger partial charge on any atom is 0.315 e. The van der Waals surface area contributed by atoms with Gasteiger partial charge in [0.2, 0.25) is 0 Å². The average Bonchev–Trinajstić information content (AvgIpc) is 2.85. The van der Waals surface area contributed by atoms with Gasteiger partial charge in [-0.05, 0) is 43.0 Å². The zero-order valence-electron chi connectivity index (χ0n) is 18.3. The van der Waals surface area contributed by atoms with Crippen molar-refractivity contribution in [2.24, 2.45) is 0 Å². The first kappa shape index (κ1) is 23.7. The van der Waals surface area contributed by atoms with Crippen LogP contribution in [-0.2, 0) is 11.3 Å². The first-order valence-electron chi connectivity index (χ1n) is 11.3. The van der Waals surface area contributed by atoms with Gasteiger partial charge in [0.25, 0.3) is 5.91 Å². The second kappa shape index (κ2) is 10.2. The van der Waals surface area contributed by atoms with Crippen LogP contribution >= 0.6 is 0 Å². The lowest BCUT2D eigenvalue weighted by atomic mass is 9.78. The van der Waals surface area contributed by atoms with E-state index in [0.29, 0.717) is 5.56 Å². The van der Waals surface area contributed by atoms with E-state index in [1.165, 1.54) is 19.3 Å². The van der Waals surface area contributed by atoms with Crippen LogP contribution in [0.4, 0.5) is 13.2 Å². The second-order valence-corrected chi connectivity index (χ2v) is 8.85. The first-order valence-corrected chi connectivity index (χ1v) is 11.3. The molecule has 0 radical (unpaired) electrons. The van der Waals surface area contributed by atoms with Gasteiger partial charge in [0, 0.05) is 36.9 Å². The van der Waals surface area contributed by atoms with Crippen molar-refractivity contribution in [3.63, 3.8) is 0 Å². The number of alkyl halides is 3. The number of pyridine rings is 1. The van der Waals surface area contributed by atoms with Gasteiger partial charge in [-0.1, -0.05) is 30.3 Å².